The minimum atomic E-state index is 0.0874. The van der Waals surface area contributed by atoms with Gasteiger partial charge in [0.15, 0.2) is 0 Å². The predicted octanol–water partition coefficient (Wildman–Crippen LogP) is 0.526. The molecule has 4 nitrogen and oxygen atoms in total. The van der Waals surface area contributed by atoms with E-state index in [1.54, 1.807) is 7.11 Å². The summed E-state index contributed by atoms with van der Waals surface area (Å²) >= 11 is 0. The van der Waals surface area contributed by atoms with Gasteiger partial charge < -0.3 is 15.4 Å². The molecule has 3 unspecified atom stereocenters. The normalized spacial score (nSPS) is 28.5. The summed E-state index contributed by atoms with van der Waals surface area (Å²) in [5.41, 5.74) is 0. The van der Waals surface area contributed by atoms with Crippen LogP contribution in [0, 0.1) is 5.92 Å². The van der Waals surface area contributed by atoms with Crippen molar-refractivity contribution < 1.29 is 9.53 Å². The van der Waals surface area contributed by atoms with Crippen LogP contribution in [0.4, 0.5) is 0 Å². The Hall–Kier alpha value is -0.610. The van der Waals surface area contributed by atoms with Crippen molar-refractivity contribution in [2.75, 3.05) is 20.2 Å². The molecule has 0 aromatic heterocycles. The van der Waals surface area contributed by atoms with Crippen LogP contribution in [0.5, 0.6) is 0 Å². The highest BCUT2D eigenvalue weighted by Crippen LogP contribution is 2.13. The minimum Gasteiger partial charge on any atom is -0.380 e. The Bertz CT molecular complexity index is 201. The Kier molecular flexibility index (Phi) is 5.05. The summed E-state index contributed by atoms with van der Waals surface area (Å²) < 4.78 is 5.07. The number of nitrogens with one attached hydrogen (secondary N) is 2. The van der Waals surface area contributed by atoms with Gasteiger partial charge >= 0.3 is 0 Å². The molecular formula is C11H22N2O2. The van der Waals surface area contributed by atoms with E-state index in [0.717, 1.165) is 19.4 Å². The molecular weight excluding hydrogens is 192 g/mol. The standard InChI is InChI=1S/C11H22N2O2/c1-8-4-5-10(7-12-8)11(14)13-6-9(2)15-3/h8-10,12H,4-7H2,1-3H3,(H,13,14). The zero-order chi connectivity index (χ0) is 11.3. The first-order chi connectivity index (χ1) is 7.13. The van der Waals surface area contributed by atoms with Crippen molar-refractivity contribution >= 4 is 5.91 Å². The maximum Gasteiger partial charge on any atom is 0.224 e. The lowest BCUT2D eigenvalue weighted by atomic mass is 9.95. The SMILES string of the molecule is COC(C)CNC(=O)C1CCC(C)NC1. The van der Waals surface area contributed by atoms with Crippen LogP contribution >= 0.6 is 0 Å². The number of rotatable bonds is 4. The first kappa shape index (κ1) is 12.5. The van der Waals surface area contributed by atoms with Gasteiger partial charge in [-0.25, -0.2) is 0 Å². The Morgan fingerprint density at radius 2 is 2.33 bits per heavy atom. The van der Waals surface area contributed by atoms with E-state index < -0.39 is 0 Å². The summed E-state index contributed by atoms with van der Waals surface area (Å²) in [6.45, 7) is 5.50. The summed E-state index contributed by atoms with van der Waals surface area (Å²) in [4.78, 5) is 11.7. The highest BCUT2D eigenvalue weighted by Gasteiger charge is 2.23. The van der Waals surface area contributed by atoms with Crippen molar-refractivity contribution in [2.24, 2.45) is 5.92 Å². The van der Waals surface area contributed by atoms with Crippen LogP contribution in [-0.4, -0.2) is 38.3 Å². The van der Waals surface area contributed by atoms with E-state index in [1.807, 2.05) is 6.92 Å². The van der Waals surface area contributed by atoms with Crippen LogP contribution in [0.3, 0.4) is 0 Å². The third-order valence-electron chi connectivity index (χ3n) is 3.00. The van der Waals surface area contributed by atoms with Gasteiger partial charge in [-0.3, -0.25) is 4.79 Å². The average molecular weight is 214 g/mol. The third kappa shape index (κ3) is 4.18. The first-order valence-electron chi connectivity index (χ1n) is 5.67. The van der Waals surface area contributed by atoms with E-state index in [-0.39, 0.29) is 17.9 Å². The lowest BCUT2D eigenvalue weighted by Crippen LogP contribution is -2.45. The van der Waals surface area contributed by atoms with Crippen molar-refractivity contribution in [1.82, 2.24) is 10.6 Å². The third-order valence-corrected chi connectivity index (χ3v) is 3.00. The molecule has 2 N–H and O–H groups in total. The van der Waals surface area contributed by atoms with Crippen LogP contribution in [0.25, 0.3) is 0 Å². The van der Waals surface area contributed by atoms with Crippen LogP contribution in [0.1, 0.15) is 26.7 Å². The molecule has 1 rings (SSSR count). The lowest BCUT2D eigenvalue weighted by molar-refractivity contribution is -0.126. The largest absolute Gasteiger partial charge is 0.380 e. The molecule has 0 saturated carbocycles. The van der Waals surface area contributed by atoms with Crippen LogP contribution in [0.15, 0.2) is 0 Å². The van der Waals surface area contributed by atoms with E-state index in [4.69, 9.17) is 4.74 Å². The van der Waals surface area contributed by atoms with E-state index in [9.17, 15) is 4.79 Å². The second-order valence-electron chi connectivity index (χ2n) is 4.38. The van der Waals surface area contributed by atoms with Crippen molar-refractivity contribution in [3.8, 4) is 0 Å². The van der Waals surface area contributed by atoms with Crippen LogP contribution in [0.2, 0.25) is 0 Å². The van der Waals surface area contributed by atoms with E-state index in [1.165, 1.54) is 0 Å². The summed E-state index contributed by atoms with van der Waals surface area (Å²) in [7, 11) is 1.65. The molecule has 0 spiro atoms. The second kappa shape index (κ2) is 6.08. The molecule has 4 heteroatoms. The fourth-order valence-corrected chi connectivity index (χ4v) is 1.69. The quantitative estimate of drug-likeness (QED) is 0.717. The predicted molar refractivity (Wildman–Crippen MR) is 59.7 cm³/mol. The zero-order valence-corrected chi connectivity index (χ0v) is 9.88. The topological polar surface area (TPSA) is 50.4 Å². The number of methoxy groups -OCH3 is 1. The number of piperidine rings is 1. The van der Waals surface area contributed by atoms with Gasteiger partial charge in [0.05, 0.1) is 12.0 Å². The lowest BCUT2D eigenvalue weighted by Gasteiger charge is -2.27. The molecule has 0 radical (unpaired) electrons. The molecule has 3 atom stereocenters. The van der Waals surface area contributed by atoms with Gasteiger partial charge in [-0.15, -0.1) is 0 Å². The zero-order valence-electron chi connectivity index (χ0n) is 9.88. The molecule has 1 aliphatic rings. The summed E-state index contributed by atoms with van der Waals surface area (Å²) in [5, 5.41) is 6.24. The van der Waals surface area contributed by atoms with Gasteiger partial charge in [0.2, 0.25) is 5.91 Å². The van der Waals surface area contributed by atoms with Gasteiger partial charge in [-0.2, -0.15) is 0 Å². The van der Waals surface area contributed by atoms with Gasteiger partial charge in [0, 0.05) is 26.2 Å². The van der Waals surface area contributed by atoms with Crippen molar-refractivity contribution in [1.29, 1.82) is 0 Å². The number of carbonyl (C=O) groups is 1. The average Bonchev–Trinajstić information content (AvgIpc) is 2.26. The van der Waals surface area contributed by atoms with E-state index >= 15 is 0 Å². The Labute approximate surface area is 91.8 Å². The molecule has 1 fully saturated rings. The highest BCUT2D eigenvalue weighted by atomic mass is 16.5. The molecule has 1 heterocycles. The number of amides is 1. The smallest absolute Gasteiger partial charge is 0.224 e. The van der Waals surface area contributed by atoms with E-state index in [0.29, 0.717) is 12.6 Å². The minimum absolute atomic E-state index is 0.0874. The molecule has 0 aromatic rings. The summed E-state index contributed by atoms with van der Waals surface area (Å²) in [5.74, 6) is 0.281. The number of hydrogen-bond donors (Lipinski definition) is 2. The second-order valence-corrected chi connectivity index (χ2v) is 4.38. The molecule has 0 bridgehead atoms. The fourth-order valence-electron chi connectivity index (χ4n) is 1.69. The van der Waals surface area contributed by atoms with E-state index in [2.05, 4.69) is 17.6 Å². The molecule has 88 valence electrons. The van der Waals surface area contributed by atoms with Gasteiger partial charge in [-0.1, -0.05) is 0 Å². The fraction of sp³-hybridized carbons (Fsp3) is 0.909. The molecule has 1 saturated heterocycles. The van der Waals surface area contributed by atoms with Crippen molar-refractivity contribution in [2.45, 2.75) is 38.8 Å². The van der Waals surface area contributed by atoms with Crippen molar-refractivity contribution in [3.05, 3.63) is 0 Å². The maximum absolute atomic E-state index is 11.7. The van der Waals surface area contributed by atoms with Gasteiger partial charge in [-0.05, 0) is 26.7 Å². The molecule has 0 aliphatic carbocycles. The van der Waals surface area contributed by atoms with Crippen LogP contribution in [-0.2, 0) is 9.53 Å². The summed E-state index contributed by atoms with van der Waals surface area (Å²) in [6, 6.07) is 0.548. The Morgan fingerprint density at radius 3 is 2.87 bits per heavy atom. The molecule has 1 aliphatic heterocycles. The van der Waals surface area contributed by atoms with Gasteiger partial charge in [0.1, 0.15) is 0 Å². The number of carbonyl (C=O) groups excluding carboxylic acids is 1. The Morgan fingerprint density at radius 1 is 1.60 bits per heavy atom. The monoisotopic (exact) mass is 214 g/mol. The first-order valence-corrected chi connectivity index (χ1v) is 5.67. The maximum atomic E-state index is 11.7. The van der Waals surface area contributed by atoms with Crippen LogP contribution < -0.4 is 10.6 Å². The molecule has 0 aromatic carbocycles. The molecule has 15 heavy (non-hydrogen) atoms. The number of ether oxygens (including phenoxy) is 1. The van der Waals surface area contributed by atoms with Crippen molar-refractivity contribution in [3.63, 3.8) is 0 Å². The molecule has 1 amide bonds. The van der Waals surface area contributed by atoms with Gasteiger partial charge in [0.25, 0.3) is 0 Å². The highest BCUT2D eigenvalue weighted by molar-refractivity contribution is 5.79. The Balaban J connectivity index is 2.22. The number of hydrogen-bond acceptors (Lipinski definition) is 3. The summed E-state index contributed by atoms with van der Waals surface area (Å²) in [6.07, 6.45) is 2.16.